The molecule has 0 aromatic carbocycles. The van der Waals surface area contributed by atoms with Crippen molar-refractivity contribution < 1.29 is 0 Å². The van der Waals surface area contributed by atoms with Crippen LogP contribution in [-0.4, -0.2) is 37.6 Å². The first-order valence-electron chi connectivity index (χ1n) is 8.14. The minimum Gasteiger partial charge on any atom is -0.317 e. The van der Waals surface area contributed by atoms with Crippen molar-refractivity contribution in [3.8, 4) is 0 Å². The Bertz CT molecular complexity index is 223. The first-order valence-corrected chi connectivity index (χ1v) is 8.14. The molecule has 0 amide bonds. The molecule has 2 fully saturated rings. The Hall–Kier alpha value is -0.0800. The number of hydrogen-bond donors (Lipinski definition) is 1. The van der Waals surface area contributed by atoms with Gasteiger partial charge in [0.05, 0.1) is 0 Å². The molecule has 1 spiro atoms. The fraction of sp³-hybridized carbons (Fsp3) is 1.00. The van der Waals surface area contributed by atoms with Crippen LogP contribution in [0.4, 0.5) is 0 Å². The highest BCUT2D eigenvalue weighted by Crippen LogP contribution is 2.44. The maximum absolute atomic E-state index is 3.33. The number of nitrogens with zero attached hydrogens (tertiary/aromatic N) is 1. The first-order chi connectivity index (χ1) is 8.74. The predicted molar refractivity (Wildman–Crippen MR) is 78.9 cm³/mol. The zero-order chi connectivity index (χ0) is 12.8. The molecule has 2 aliphatic rings. The molecule has 1 N–H and O–H groups in total. The van der Waals surface area contributed by atoms with E-state index in [2.05, 4.69) is 24.2 Å². The summed E-state index contributed by atoms with van der Waals surface area (Å²) in [6.07, 6.45) is 13.2. The average Bonchev–Trinajstić information content (AvgIpc) is 2.42. The zero-order valence-electron chi connectivity index (χ0n) is 12.5. The van der Waals surface area contributed by atoms with Crippen molar-refractivity contribution in [2.45, 2.75) is 70.8 Å². The Labute approximate surface area is 114 Å². The van der Waals surface area contributed by atoms with Crippen molar-refractivity contribution in [2.24, 2.45) is 5.41 Å². The summed E-state index contributed by atoms with van der Waals surface area (Å²) in [6, 6.07) is 0.680. The third-order valence-electron chi connectivity index (χ3n) is 5.44. The molecule has 1 saturated carbocycles. The van der Waals surface area contributed by atoms with Gasteiger partial charge in [-0.15, -0.1) is 0 Å². The van der Waals surface area contributed by atoms with E-state index in [-0.39, 0.29) is 0 Å². The van der Waals surface area contributed by atoms with Crippen LogP contribution in [0, 0.1) is 5.41 Å². The van der Waals surface area contributed by atoms with Crippen LogP contribution in [0.15, 0.2) is 0 Å². The highest BCUT2D eigenvalue weighted by molar-refractivity contribution is 4.88. The smallest absolute Gasteiger partial charge is 0.00362 e. The molecule has 106 valence electrons. The van der Waals surface area contributed by atoms with Crippen LogP contribution in [0.5, 0.6) is 0 Å². The lowest BCUT2D eigenvalue weighted by molar-refractivity contribution is 0.0667. The highest BCUT2D eigenvalue weighted by Gasteiger charge is 2.35. The average molecular weight is 252 g/mol. The summed E-state index contributed by atoms with van der Waals surface area (Å²) in [5.41, 5.74) is 0.771. The summed E-state index contributed by atoms with van der Waals surface area (Å²) in [5.74, 6) is 0. The minimum atomic E-state index is 0.680. The summed E-state index contributed by atoms with van der Waals surface area (Å²) in [5, 5.41) is 3.33. The van der Waals surface area contributed by atoms with Gasteiger partial charge in [0.15, 0.2) is 0 Å². The summed E-state index contributed by atoms with van der Waals surface area (Å²) >= 11 is 0. The molecule has 1 aliphatic carbocycles. The Morgan fingerprint density at radius 2 is 1.72 bits per heavy atom. The van der Waals surface area contributed by atoms with Crippen LogP contribution >= 0.6 is 0 Å². The van der Waals surface area contributed by atoms with Crippen molar-refractivity contribution in [1.82, 2.24) is 10.2 Å². The number of rotatable bonds is 5. The van der Waals surface area contributed by atoms with E-state index in [0.29, 0.717) is 6.04 Å². The van der Waals surface area contributed by atoms with Gasteiger partial charge in [0.2, 0.25) is 0 Å². The molecule has 0 aromatic heterocycles. The lowest BCUT2D eigenvalue weighted by Gasteiger charge is -2.44. The monoisotopic (exact) mass is 252 g/mol. The Morgan fingerprint density at radius 3 is 2.33 bits per heavy atom. The zero-order valence-corrected chi connectivity index (χ0v) is 12.5. The number of nitrogens with one attached hydrogen (secondary N) is 1. The maximum Gasteiger partial charge on any atom is 0.00362 e. The van der Waals surface area contributed by atoms with E-state index in [0.717, 1.165) is 5.41 Å². The van der Waals surface area contributed by atoms with E-state index in [1.54, 1.807) is 0 Å². The molecule has 2 nitrogen and oxygen atoms in total. The lowest BCUT2D eigenvalue weighted by atomic mass is 9.68. The van der Waals surface area contributed by atoms with Gasteiger partial charge in [-0.25, -0.2) is 0 Å². The highest BCUT2D eigenvalue weighted by atomic mass is 15.1. The van der Waals surface area contributed by atoms with Gasteiger partial charge >= 0.3 is 0 Å². The number of likely N-dealkylation sites (tertiary alicyclic amines) is 1. The molecule has 1 unspecified atom stereocenters. The van der Waals surface area contributed by atoms with Gasteiger partial charge in [0, 0.05) is 6.04 Å². The van der Waals surface area contributed by atoms with E-state index in [9.17, 15) is 0 Å². The van der Waals surface area contributed by atoms with Crippen LogP contribution in [0.1, 0.15) is 64.7 Å². The molecule has 0 radical (unpaired) electrons. The van der Waals surface area contributed by atoms with Gasteiger partial charge in [0.25, 0.3) is 0 Å². The maximum atomic E-state index is 3.33. The molecule has 1 saturated heterocycles. The molecule has 18 heavy (non-hydrogen) atoms. The lowest BCUT2D eigenvalue weighted by Crippen LogP contribution is -2.41. The fourth-order valence-electron chi connectivity index (χ4n) is 3.82. The molecule has 1 heterocycles. The topological polar surface area (TPSA) is 15.3 Å². The van der Waals surface area contributed by atoms with E-state index < -0.39 is 0 Å². The van der Waals surface area contributed by atoms with Crippen LogP contribution < -0.4 is 5.32 Å². The molecule has 0 bridgehead atoms. The van der Waals surface area contributed by atoms with Gasteiger partial charge < -0.3 is 10.2 Å². The summed E-state index contributed by atoms with van der Waals surface area (Å²) in [4.78, 5) is 2.71. The minimum absolute atomic E-state index is 0.680. The second-order valence-corrected chi connectivity index (χ2v) is 6.73. The van der Waals surface area contributed by atoms with Crippen molar-refractivity contribution in [3.05, 3.63) is 0 Å². The van der Waals surface area contributed by atoms with E-state index in [4.69, 9.17) is 0 Å². The van der Waals surface area contributed by atoms with Crippen molar-refractivity contribution in [2.75, 3.05) is 26.7 Å². The largest absolute Gasteiger partial charge is 0.317 e. The van der Waals surface area contributed by atoms with Gasteiger partial charge in [-0.3, -0.25) is 0 Å². The van der Waals surface area contributed by atoms with Gasteiger partial charge in [-0.05, 0) is 77.5 Å². The Kier molecular flexibility index (Phi) is 5.50. The summed E-state index contributed by atoms with van der Waals surface area (Å²) in [6.45, 7) is 6.34. The second-order valence-electron chi connectivity index (χ2n) is 6.73. The molecule has 2 rings (SSSR count). The Morgan fingerprint density at radius 1 is 1.06 bits per heavy atom. The van der Waals surface area contributed by atoms with Crippen molar-refractivity contribution >= 4 is 0 Å². The number of hydrogen-bond acceptors (Lipinski definition) is 2. The Balaban J connectivity index is 1.64. The second kappa shape index (κ2) is 6.91. The normalized spacial score (nSPS) is 26.3. The van der Waals surface area contributed by atoms with Gasteiger partial charge in [-0.1, -0.05) is 19.3 Å². The molecule has 0 aromatic rings. The van der Waals surface area contributed by atoms with Gasteiger partial charge in [-0.2, -0.15) is 0 Å². The standard InChI is InChI=1S/C16H32N2/c1-15(17-2)7-6-12-18-13-10-16(11-14-18)8-4-3-5-9-16/h15,17H,3-14H2,1-2H3. The van der Waals surface area contributed by atoms with Crippen molar-refractivity contribution in [1.29, 1.82) is 0 Å². The SMILES string of the molecule is CNC(C)CCCN1CCC2(CCCCC2)CC1. The predicted octanol–water partition coefficient (Wildman–Crippen LogP) is 3.42. The fourth-order valence-corrected chi connectivity index (χ4v) is 3.82. The summed E-state index contributed by atoms with van der Waals surface area (Å²) < 4.78 is 0. The van der Waals surface area contributed by atoms with E-state index >= 15 is 0 Å². The first kappa shape index (κ1) is 14.3. The van der Waals surface area contributed by atoms with E-state index in [1.165, 1.54) is 77.4 Å². The van der Waals surface area contributed by atoms with Crippen LogP contribution in [0.25, 0.3) is 0 Å². The van der Waals surface area contributed by atoms with E-state index in [1.807, 2.05) is 0 Å². The van der Waals surface area contributed by atoms with Crippen LogP contribution in [0.2, 0.25) is 0 Å². The quantitative estimate of drug-likeness (QED) is 0.806. The van der Waals surface area contributed by atoms with Crippen molar-refractivity contribution in [3.63, 3.8) is 0 Å². The summed E-state index contributed by atoms with van der Waals surface area (Å²) in [7, 11) is 2.07. The third-order valence-corrected chi connectivity index (χ3v) is 5.44. The van der Waals surface area contributed by atoms with Crippen LogP contribution in [-0.2, 0) is 0 Å². The molecule has 1 aliphatic heterocycles. The molecule has 1 atom stereocenters. The van der Waals surface area contributed by atoms with Crippen LogP contribution in [0.3, 0.4) is 0 Å². The number of piperidine rings is 1. The molecule has 2 heteroatoms. The van der Waals surface area contributed by atoms with Gasteiger partial charge in [0.1, 0.15) is 0 Å². The third kappa shape index (κ3) is 3.96. The molecular formula is C16H32N2. The molecular weight excluding hydrogens is 220 g/mol.